The first-order valence-corrected chi connectivity index (χ1v) is 7.22. The number of carbonyl (C=O) groups is 1. The van der Waals surface area contributed by atoms with Crippen molar-refractivity contribution < 1.29 is 9.53 Å². The maximum Gasteiger partial charge on any atom is 0.222 e. The number of nitrogens with zero attached hydrogens (tertiary/aromatic N) is 2. The predicted molar refractivity (Wildman–Crippen MR) is 76.4 cm³/mol. The molecule has 1 aliphatic heterocycles. The fourth-order valence-corrected chi connectivity index (χ4v) is 3.01. The number of hydrogen-bond donors (Lipinski definition) is 2. The van der Waals surface area contributed by atoms with E-state index in [-0.39, 0.29) is 17.9 Å². The number of ether oxygens (including phenoxy) is 1. The van der Waals surface area contributed by atoms with Gasteiger partial charge in [0.15, 0.2) is 16.6 Å². The van der Waals surface area contributed by atoms with Gasteiger partial charge in [0.1, 0.15) is 0 Å². The maximum absolute atomic E-state index is 11.3. The van der Waals surface area contributed by atoms with Gasteiger partial charge in [-0.2, -0.15) is 4.37 Å². The lowest BCUT2D eigenvalue weighted by Crippen LogP contribution is -2.41. The van der Waals surface area contributed by atoms with Crippen LogP contribution in [-0.2, 0) is 4.79 Å². The second-order valence-corrected chi connectivity index (χ2v) is 5.81. The third kappa shape index (κ3) is 3.09. The van der Waals surface area contributed by atoms with Crippen LogP contribution in [0.1, 0.15) is 26.7 Å². The zero-order valence-corrected chi connectivity index (χ0v) is 12.1. The molecule has 0 radical (unpaired) electrons. The fourth-order valence-electron chi connectivity index (χ4n) is 2.23. The summed E-state index contributed by atoms with van der Waals surface area (Å²) in [7, 11) is 0. The molecule has 2 rings (SSSR count). The standard InChI is InChI=1S/C12H20N4O2S/c1-7(2)18-9-10(13)15-19-12(9)16-5-3-4-8(6-16)11(14)17/h7-8H,3-6H2,1-2H3,(H2,13,15)(H2,14,17). The molecule has 4 N–H and O–H groups in total. The molecule has 2 heterocycles. The quantitative estimate of drug-likeness (QED) is 0.866. The van der Waals surface area contributed by atoms with E-state index in [0.29, 0.717) is 18.1 Å². The van der Waals surface area contributed by atoms with Gasteiger partial charge in [0.05, 0.1) is 12.0 Å². The molecule has 1 atom stereocenters. The Morgan fingerprint density at radius 2 is 2.32 bits per heavy atom. The number of aromatic nitrogens is 1. The van der Waals surface area contributed by atoms with Crippen molar-refractivity contribution >= 4 is 28.3 Å². The van der Waals surface area contributed by atoms with E-state index in [4.69, 9.17) is 16.2 Å². The van der Waals surface area contributed by atoms with E-state index in [9.17, 15) is 4.79 Å². The molecule has 1 unspecified atom stereocenters. The normalized spacial score (nSPS) is 19.7. The predicted octanol–water partition coefficient (Wildman–Crippen LogP) is 1.21. The Morgan fingerprint density at radius 3 is 2.95 bits per heavy atom. The molecule has 1 amide bonds. The molecule has 0 spiro atoms. The highest BCUT2D eigenvalue weighted by Crippen LogP contribution is 2.40. The fraction of sp³-hybridized carbons (Fsp3) is 0.667. The summed E-state index contributed by atoms with van der Waals surface area (Å²) < 4.78 is 9.88. The van der Waals surface area contributed by atoms with E-state index in [1.54, 1.807) is 0 Å². The molecule has 1 aromatic rings. The SMILES string of the molecule is CC(C)Oc1c(N)nsc1N1CCCC(C(N)=O)C1. The molecule has 0 saturated carbocycles. The van der Waals surface area contributed by atoms with Crippen molar-refractivity contribution in [3.05, 3.63) is 0 Å². The summed E-state index contributed by atoms with van der Waals surface area (Å²) >= 11 is 1.31. The molecule has 7 heteroatoms. The average Bonchev–Trinajstić information content (AvgIpc) is 2.71. The number of carbonyl (C=O) groups excluding carboxylic acids is 1. The van der Waals surface area contributed by atoms with E-state index in [1.807, 2.05) is 13.8 Å². The molecule has 6 nitrogen and oxygen atoms in total. The molecule has 106 valence electrons. The van der Waals surface area contributed by atoms with Crippen LogP contribution in [0, 0.1) is 5.92 Å². The number of nitrogens with two attached hydrogens (primary N) is 2. The summed E-state index contributed by atoms with van der Waals surface area (Å²) in [5, 5.41) is 0.900. The number of rotatable bonds is 4. The van der Waals surface area contributed by atoms with Gasteiger partial charge in [-0.15, -0.1) is 0 Å². The van der Waals surface area contributed by atoms with Gasteiger partial charge < -0.3 is 21.1 Å². The van der Waals surface area contributed by atoms with E-state index in [0.717, 1.165) is 24.4 Å². The Balaban J connectivity index is 2.19. The van der Waals surface area contributed by atoms with Crippen LogP contribution < -0.4 is 21.1 Å². The molecular weight excluding hydrogens is 264 g/mol. The lowest BCUT2D eigenvalue weighted by Gasteiger charge is -2.32. The summed E-state index contributed by atoms with van der Waals surface area (Å²) in [5.74, 6) is 0.692. The van der Waals surface area contributed by atoms with Crippen LogP contribution in [0.3, 0.4) is 0 Å². The number of piperidine rings is 1. The summed E-state index contributed by atoms with van der Waals surface area (Å²) in [6, 6.07) is 0. The monoisotopic (exact) mass is 284 g/mol. The largest absolute Gasteiger partial charge is 0.484 e. The Kier molecular flexibility index (Phi) is 4.14. The van der Waals surface area contributed by atoms with E-state index < -0.39 is 0 Å². The van der Waals surface area contributed by atoms with Crippen LogP contribution >= 0.6 is 11.5 Å². The van der Waals surface area contributed by atoms with Gasteiger partial charge in [0.25, 0.3) is 0 Å². The van der Waals surface area contributed by atoms with Gasteiger partial charge in [-0.25, -0.2) is 0 Å². The Hall–Kier alpha value is -1.50. The summed E-state index contributed by atoms with van der Waals surface area (Å²) in [6.45, 7) is 5.39. The third-order valence-electron chi connectivity index (χ3n) is 3.12. The number of nitrogen functional groups attached to an aromatic ring is 1. The first-order valence-electron chi connectivity index (χ1n) is 6.45. The van der Waals surface area contributed by atoms with Crippen molar-refractivity contribution in [2.45, 2.75) is 32.8 Å². The summed E-state index contributed by atoms with van der Waals surface area (Å²) in [6.07, 6.45) is 1.82. The number of primary amides is 1. The number of anilines is 2. The molecule has 1 aromatic heterocycles. The van der Waals surface area contributed by atoms with Gasteiger partial charge in [-0.1, -0.05) is 0 Å². The Bertz CT molecular complexity index is 461. The van der Waals surface area contributed by atoms with E-state index in [1.165, 1.54) is 11.5 Å². The van der Waals surface area contributed by atoms with Gasteiger partial charge in [-0.05, 0) is 38.2 Å². The molecule has 1 aliphatic rings. The average molecular weight is 284 g/mol. The molecule has 19 heavy (non-hydrogen) atoms. The maximum atomic E-state index is 11.3. The highest BCUT2D eigenvalue weighted by Gasteiger charge is 2.28. The molecule has 0 bridgehead atoms. The minimum Gasteiger partial charge on any atom is -0.484 e. The van der Waals surface area contributed by atoms with Crippen LogP contribution in [0.25, 0.3) is 0 Å². The van der Waals surface area contributed by atoms with Crippen molar-refractivity contribution in [3.8, 4) is 5.75 Å². The Labute approximate surface area is 116 Å². The Morgan fingerprint density at radius 1 is 1.58 bits per heavy atom. The lowest BCUT2D eigenvalue weighted by molar-refractivity contribution is -0.122. The van der Waals surface area contributed by atoms with Crippen molar-refractivity contribution in [2.75, 3.05) is 23.7 Å². The highest BCUT2D eigenvalue weighted by molar-refractivity contribution is 7.11. The van der Waals surface area contributed by atoms with Crippen LogP contribution in [0.2, 0.25) is 0 Å². The molecule has 1 fully saturated rings. The van der Waals surface area contributed by atoms with Crippen LogP contribution in [0.15, 0.2) is 0 Å². The second-order valence-electron chi connectivity index (χ2n) is 5.06. The highest BCUT2D eigenvalue weighted by atomic mass is 32.1. The van der Waals surface area contributed by atoms with Crippen molar-refractivity contribution in [3.63, 3.8) is 0 Å². The van der Waals surface area contributed by atoms with Crippen molar-refractivity contribution in [2.24, 2.45) is 11.7 Å². The zero-order chi connectivity index (χ0) is 14.0. The van der Waals surface area contributed by atoms with Gasteiger partial charge in [-0.3, -0.25) is 4.79 Å². The smallest absolute Gasteiger partial charge is 0.222 e. The van der Waals surface area contributed by atoms with E-state index in [2.05, 4.69) is 9.27 Å². The topological polar surface area (TPSA) is 94.5 Å². The lowest BCUT2D eigenvalue weighted by atomic mass is 9.98. The first-order chi connectivity index (χ1) is 8.99. The molecule has 1 saturated heterocycles. The minimum atomic E-state index is -0.242. The van der Waals surface area contributed by atoms with Crippen LogP contribution in [0.5, 0.6) is 5.75 Å². The second kappa shape index (κ2) is 5.64. The van der Waals surface area contributed by atoms with Gasteiger partial charge in [0, 0.05) is 13.1 Å². The summed E-state index contributed by atoms with van der Waals surface area (Å²) in [5.41, 5.74) is 11.2. The molecular formula is C12H20N4O2S. The molecule has 0 aromatic carbocycles. The third-order valence-corrected chi connectivity index (χ3v) is 4.03. The number of hydrogen-bond acceptors (Lipinski definition) is 6. The zero-order valence-electron chi connectivity index (χ0n) is 11.3. The van der Waals surface area contributed by atoms with Gasteiger partial charge >= 0.3 is 0 Å². The molecule has 0 aliphatic carbocycles. The van der Waals surface area contributed by atoms with Crippen LogP contribution in [0.4, 0.5) is 10.8 Å². The van der Waals surface area contributed by atoms with Crippen molar-refractivity contribution in [1.82, 2.24) is 4.37 Å². The van der Waals surface area contributed by atoms with Crippen LogP contribution in [-0.4, -0.2) is 29.5 Å². The minimum absolute atomic E-state index is 0.0363. The summed E-state index contributed by atoms with van der Waals surface area (Å²) in [4.78, 5) is 13.4. The van der Waals surface area contributed by atoms with Crippen molar-refractivity contribution in [1.29, 1.82) is 0 Å². The van der Waals surface area contributed by atoms with E-state index >= 15 is 0 Å². The first kappa shape index (κ1) is 13.9. The number of amides is 1. The van der Waals surface area contributed by atoms with Gasteiger partial charge in [0.2, 0.25) is 5.91 Å².